The summed E-state index contributed by atoms with van der Waals surface area (Å²) in [6, 6.07) is 7.71. The summed E-state index contributed by atoms with van der Waals surface area (Å²) in [7, 11) is 0. The second-order valence-corrected chi connectivity index (χ2v) is 4.28. The van der Waals surface area contributed by atoms with Gasteiger partial charge in [0.1, 0.15) is 5.82 Å². The zero-order chi connectivity index (χ0) is 10.5. The van der Waals surface area contributed by atoms with Crippen molar-refractivity contribution in [3.63, 3.8) is 0 Å². The fourth-order valence-electron chi connectivity index (χ4n) is 2.24. The molecule has 2 heteroatoms. The predicted molar refractivity (Wildman–Crippen MR) is 60.4 cm³/mol. The molecule has 0 atom stereocenters. The minimum Gasteiger partial charge on any atom is -0.314 e. The number of halogens is 1. The molecular formula is C13H18FN. The van der Waals surface area contributed by atoms with Crippen molar-refractivity contribution in [3.05, 3.63) is 35.6 Å². The van der Waals surface area contributed by atoms with Gasteiger partial charge in [-0.25, -0.2) is 4.39 Å². The highest BCUT2D eigenvalue weighted by Gasteiger charge is 2.13. The minimum atomic E-state index is -0.0780. The summed E-state index contributed by atoms with van der Waals surface area (Å²) in [5, 5.41) is 3.49. The average Bonchev–Trinajstić information content (AvgIpc) is 2.74. The summed E-state index contributed by atoms with van der Waals surface area (Å²) in [4.78, 5) is 0. The standard InChI is InChI=1S/C13H18FN/c14-13-8-4-1-5-11(13)9-10-15-12-6-2-3-7-12/h1,4-5,8,12,15H,2-3,6-7,9-10H2. The van der Waals surface area contributed by atoms with Crippen molar-refractivity contribution in [1.29, 1.82) is 0 Å². The van der Waals surface area contributed by atoms with Crippen LogP contribution in [0.5, 0.6) is 0 Å². The van der Waals surface area contributed by atoms with Crippen LogP contribution in [0.3, 0.4) is 0 Å². The Labute approximate surface area is 90.7 Å². The lowest BCUT2D eigenvalue weighted by Gasteiger charge is -2.11. The van der Waals surface area contributed by atoms with Gasteiger partial charge in [-0.15, -0.1) is 0 Å². The molecule has 0 unspecified atom stereocenters. The maximum absolute atomic E-state index is 13.3. The lowest BCUT2D eigenvalue weighted by Crippen LogP contribution is -2.28. The quantitative estimate of drug-likeness (QED) is 0.800. The number of rotatable bonds is 4. The van der Waals surface area contributed by atoms with E-state index in [1.165, 1.54) is 31.7 Å². The van der Waals surface area contributed by atoms with E-state index in [9.17, 15) is 4.39 Å². The Hall–Kier alpha value is -0.890. The first-order valence-electron chi connectivity index (χ1n) is 5.83. The molecule has 1 fully saturated rings. The van der Waals surface area contributed by atoms with Crippen LogP contribution in [0, 0.1) is 5.82 Å². The molecule has 1 aliphatic rings. The van der Waals surface area contributed by atoms with Gasteiger partial charge in [0.15, 0.2) is 0 Å². The molecule has 1 aromatic carbocycles. The van der Waals surface area contributed by atoms with Crippen molar-refractivity contribution in [2.75, 3.05) is 6.54 Å². The Kier molecular flexibility index (Phi) is 3.73. The molecule has 82 valence electrons. The van der Waals surface area contributed by atoms with Crippen LogP contribution < -0.4 is 5.32 Å². The second kappa shape index (κ2) is 5.26. The fraction of sp³-hybridized carbons (Fsp3) is 0.538. The Morgan fingerprint density at radius 1 is 1.20 bits per heavy atom. The summed E-state index contributed by atoms with van der Waals surface area (Å²) in [6.07, 6.45) is 6.06. The predicted octanol–water partition coefficient (Wildman–Crippen LogP) is 2.90. The molecule has 0 radical (unpaired) electrons. The molecule has 1 nitrogen and oxygen atoms in total. The smallest absolute Gasteiger partial charge is 0.126 e. The molecule has 0 heterocycles. The summed E-state index contributed by atoms with van der Waals surface area (Å²) < 4.78 is 13.3. The lowest BCUT2D eigenvalue weighted by atomic mass is 10.1. The van der Waals surface area contributed by atoms with E-state index in [0.717, 1.165) is 18.5 Å². The molecule has 1 aromatic rings. The summed E-state index contributed by atoms with van der Waals surface area (Å²) in [5.41, 5.74) is 0.822. The fourth-order valence-corrected chi connectivity index (χ4v) is 2.24. The zero-order valence-corrected chi connectivity index (χ0v) is 9.01. The summed E-state index contributed by atoms with van der Waals surface area (Å²) >= 11 is 0. The van der Waals surface area contributed by atoms with E-state index >= 15 is 0 Å². The Morgan fingerprint density at radius 2 is 1.93 bits per heavy atom. The minimum absolute atomic E-state index is 0.0780. The lowest BCUT2D eigenvalue weighted by molar-refractivity contribution is 0.520. The van der Waals surface area contributed by atoms with Gasteiger partial charge < -0.3 is 5.32 Å². The third-order valence-corrected chi connectivity index (χ3v) is 3.14. The second-order valence-electron chi connectivity index (χ2n) is 4.28. The first-order valence-corrected chi connectivity index (χ1v) is 5.83. The van der Waals surface area contributed by atoms with Crippen molar-refractivity contribution in [3.8, 4) is 0 Å². The van der Waals surface area contributed by atoms with Crippen LogP contribution in [-0.4, -0.2) is 12.6 Å². The van der Waals surface area contributed by atoms with Crippen molar-refractivity contribution < 1.29 is 4.39 Å². The summed E-state index contributed by atoms with van der Waals surface area (Å²) in [5.74, 6) is -0.0780. The Bertz CT molecular complexity index is 305. The molecule has 0 amide bonds. The highest BCUT2D eigenvalue weighted by molar-refractivity contribution is 5.17. The van der Waals surface area contributed by atoms with E-state index in [1.54, 1.807) is 6.07 Å². The van der Waals surface area contributed by atoms with Gasteiger partial charge in [0, 0.05) is 6.04 Å². The monoisotopic (exact) mass is 207 g/mol. The zero-order valence-electron chi connectivity index (χ0n) is 9.01. The van der Waals surface area contributed by atoms with Crippen molar-refractivity contribution >= 4 is 0 Å². The van der Waals surface area contributed by atoms with E-state index < -0.39 is 0 Å². The number of hydrogen-bond acceptors (Lipinski definition) is 1. The van der Waals surface area contributed by atoms with Crippen LogP contribution in [0.2, 0.25) is 0 Å². The van der Waals surface area contributed by atoms with Crippen LogP contribution in [0.1, 0.15) is 31.2 Å². The molecule has 15 heavy (non-hydrogen) atoms. The molecule has 0 aromatic heterocycles. The van der Waals surface area contributed by atoms with Gasteiger partial charge in [-0.1, -0.05) is 31.0 Å². The van der Waals surface area contributed by atoms with Crippen LogP contribution in [0.15, 0.2) is 24.3 Å². The molecule has 1 aliphatic carbocycles. The van der Waals surface area contributed by atoms with Gasteiger partial charge in [0.25, 0.3) is 0 Å². The van der Waals surface area contributed by atoms with Gasteiger partial charge in [0.05, 0.1) is 0 Å². The van der Waals surface area contributed by atoms with Gasteiger partial charge in [-0.3, -0.25) is 0 Å². The first-order chi connectivity index (χ1) is 7.36. The van der Waals surface area contributed by atoms with Crippen LogP contribution in [0.4, 0.5) is 4.39 Å². The van der Waals surface area contributed by atoms with Crippen LogP contribution in [-0.2, 0) is 6.42 Å². The normalized spacial score (nSPS) is 17.1. The molecule has 0 saturated heterocycles. The molecule has 0 bridgehead atoms. The van der Waals surface area contributed by atoms with Crippen LogP contribution in [0.25, 0.3) is 0 Å². The Morgan fingerprint density at radius 3 is 2.67 bits per heavy atom. The largest absolute Gasteiger partial charge is 0.314 e. The SMILES string of the molecule is Fc1ccccc1CCNC1CCCC1. The van der Waals surface area contributed by atoms with Gasteiger partial charge in [-0.2, -0.15) is 0 Å². The molecular weight excluding hydrogens is 189 g/mol. The van der Waals surface area contributed by atoms with Crippen molar-refractivity contribution in [2.24, 2.45) is 0 Å². The maximum atomic E-state index is 13.3. The molecule has 2 rings (SSSR count). The van der Waals surface area contributed by atoms with Gasteiger partial charge >= 0.3 is 0 Å². The van der Waals surface area contributed by atoms with E-state index in [-0.39, 0.29) is 5.82 Å². The molecule has 0 aliphatic heterocycles. The van der Waals surface area contributed by atoms with E-state index in [1.807, 2.05) is 12.1 Å². The third kappa shape index (κ3) is 3.03. The topological polar surface area (TPSA) is 12.0 Å². The van der Waals surface area contributed by atoms with Crippen molar-refractivity contribution in [2.45, 2.75) is 38.1 Å². The highest BCUT2D eigenvalue weighted by Crippen LogP contribution is 2.17. The Balaban J connectivity index is 1.75. The van der Waals surface area contributed by atoms with Crippen molar-refractivity contribution in [1.82, 2.24) is 5.32 Å². The first kappa shape index (κ1) is 10.6. The van der Waals surface area contributed by atoms with Gasteiger partial charge in [0.2, 0.25) is 0 Å². The third-order valence-electron chi connectivity index (χ3n) is 3.14. The number of benzene rings is 1. The average molecular weight is 207 g/mol. The van der Waals surface area contributed by atoms with Crippen LogP contribution >= 0.6 is 0 Å². The van der Waals surface area contributed by atoms with E-state index in [2.05, 4.69) is 5.32 Å². The summed E-state index contributed by atoms with van der Waals surface area (Å²) in [6.45, 7) is 0.894. The molecule has 1 saturated carbocycles. The molecule has 0 spiro atoms. The van der Waals surface area contributed by atoms with E-state index in [0.29, 0.717) is 6.04 Å². The van der Waals surface area contributed by atoms with Gasteiger partial charge in [-0.05, 0) is 37.4 Å². The number of hydrogen-bond donors (Lipinski definition) is 1. The highest BCUT2D eigenvalue weighted by atomic mass is 19.1. The maximum Gasteiger partial charge on any atom is 0.126 e. The molecule has 1 N–H and O–H groups in total. The van der Waals surface area contributed by atoms with E-state index in [4.69, 9.17) is 0 Å². The number of nitrogens with one attached hydrogen (secondary N) is 1.